The maximum atomic E-state index is 10.0. The Kier molecular flexibility index (Phi) is 7.04. The van der Waals surface area contributed by atoms with E-state index in [1.807, 2.05) is 36.4 Å². The van der Waals surface area contributed by atoms with Crippen molar-refractivity contribution in [2.24, 2.45) is 0 Å². The lowest BCUT2D eigenvalue weighted by Gasteiger charge is -2.11. The zero-order valence-corrected chi connectivity index (χ0v) is 13.1. The van der Waals surface area contributed by atoms with Crippen molar-refractivity contribution in [1.82, 2.24) is 0 Å². The molecule has 0 unspecified atom stereocenters. The van der Waals surface area contributed by atoms with Crippen LogP contribution >= 0.6 is 0 Å². The highest BCUT2D eigenvalue weighted by molar-refractivity contribution is 7.79. The second kappa shape index (κ2) is 8.53. The monoisotopic (exact) mass is 324 g/mol. The minimum Gasteiger partial charge on any atom is -0.507 e. The molecular formula is C16H20O5S. The summed E-state index contributed by atoms with van der Waals surface area (Å²) in [5.74, 6) is 0.379. The molecular weight excluding hydrogens is 304 g/mol. The molecule has 0 aliphatic heterocycles. The molecule has 5 nitrogen and oxygen atoms in total. The Labute approximate surface area is 130 Å². The van der Waals surface area contributed by atoms with Gasteiger partial charge in [-0.3, -0.25) is 9.11 Å². The summed E-state index contributed by atoms with van der Waals surface area (Å²) in [4.78, 5) is 0. The van der Waals surface area contributed by atoms with Crippen molar-refractivity contribution in [3.8, 4) is 16.9 Å². The van der Waals surface area contributed by atoms with Crippen molar-refractivity contribution < 1.29 is 22.6 Å². The normalized spacial score (nSPS) is 10.7. The summed E-state index contributed by atoms with van der Waals surface area (Å²) in [7, 11) is -4.67. The van der Waals surface area contributed by atoms with Gasteiger partial charge in [0.15, 0.2) is 0 Å². The van der Waals surface area contributed by atoms with Gasteiger partial charge in [0.05, 0.1) is 0 Å². The van der Waals surface area contributed by atoms with E-state index in [2.05, 4.69) is 13.0 Å². The molecule has 0 saturated carbocycles. The topological polar surface area (TPSA) is 94.8 Å². The highest BCUT2D eigenvalue weighted by Gasteiger charge is 2.09. The van der Waals surface area contributed by atoms with E-state index in [-0.39, 0.29) is 0 Å². The Morgan fingerprint density at radius 1 is 0.955 bits per heavy atom. The lowest BCUT2D eigenvalue weighted by Crippen LogP contribution is -1.90. The molecule has 2 aromatic carbocycles. The molecule has 2 aromatic rings. The number of hydrogen-bond donors (Lipinski definition) is 3. The predicted octanol–water partition coefficient (Wildman–Crippen LogP) is 3.75. The summed E-state index contributed by atoms with van der Waals surface area (Å²) in [6, 6.07) is 15.9. The minimum absolute atomic E-state index is 0.379. The van der Waals surface area contributed by atoms with Crippen LogP contribution in [-0.2, 0) is 16.8 Å². The van der Waals surface area contributed by atoms with Crippen molar-refractivity contribution in [2.75, 3.05) is 0 Å². The third-order valence-corrected chi connectivity index (χ3v) is 2.99. The van der Waals surface area contributed by atoms with E-state index in [4.69, 9.17) is 17.5 Å². The molecule has 0 spiro atoms. The molecule has 22 heavy (non-hydrogen) atoms. The lowest BCUT2D eigenvalue weighted by molar-refractivity contribution is 0.381. The maximum absolute atomic E-state index is 10.0. The molecule has 0 heterocycles. The molecule has 0 fully saturated rings. The molecule has 0 aliphatic rings. The zero-order chi connectivity index (χ0) is 16.6. The lowest BCUT2D eigenvalue weighted by atomic mass is 9.95. The van der Waals surface area contributed by atoms with Gasteiger partial charge in [-0.15, -0.1) is 0 Å². The average molecular weight is 324 g/mol. The SMILES string of the molecule is CCCCc1cccc(O)c1-c1ccccc1.O=S(=O)(O)O. The van der Waals surface area contributed by atoms with Crippen LogP contribution in [0.5, 0.6) is 5.75 Å². The number of rotatable bonds is 4. The van der Waals surface area contributed by atoms with Gasteiger partial charge >= 0.3 is 10.4 Å². The summed E-state index contributed by atoms with van der Waals surface area (Å²) < 4.78 is 31.6. The van der Waals surface area contributed by atoms with Crippen LogP contribution in [0.25, 0.3) is 11.1 Å². The van der Waals surface area contributed by atoms with Crippen molar-refractivity contribution in [2.45, 2.75) is 26.2 Å². The number of benzene rings is 2. The Morgan fingerprint density at radius 3 is 2.09 bits per heavy atom. The van der Waals surface area contributed by atoms with Crippen LogP contribution < -0.4 is 0 Å². The molecule has 6 heteroatoms. The number of phenolic OH excluding ortho intramolecular Hbond substituents is 1. The predicted molar refractivity (Wildman–Crippen MR) is 86.3 cm³/mol. The number of phenols is 1. The molecule has 0 bridgehead atoms. The molecule has 120 valence electrons. The van der Waals surface area contributed by atoms with Crippen molar-refractivity contribution >= 4 is 10.4 Å². The van der Waals surface area contributed by atoms with Crippen LogP contribution in [0.1, 0.15) is 25.3 Å². The molecule has 0 radical (unpaired) electrons. The fraction of sp³-hybridized carbons (Fsp3) is 0.250. The third-order valence-electron chi connectivity index (χ3n) is 2.99. The van der Waals surface area contributed by atoms with Crippen molar-refractivity contribution in [3.05, 3.63) is 54.1 Å². The Balaban J connectivity index is 0.000000422. The summed E-state index contributed by atoms with van der Waals surface area (Å²) >= 11 is 0. The van der Waals surface area contributed by atoms with Crippen LogP contribution in [0.4, 0.5) is 0 Å². The van der Waals surface area contributed by atoms with E-state index < -0.39 is 10.4 Å². The summed E-state index contributed by atoms with van der Waals surface area (Å²) in [6.45, 7) is 2.19. The van der Waals surface area contributed by atoms with Gasteiger partial charge < -0.3 is 5.11 Å². The van der Waals surface area contributed by atoms with Gasteiger partial charge in [0.1, 0.15) is 5.75 Å². The van der Waals surface area contributed by atoms with Crippen LogP contribution in [-0.4, -0.2) is 22.6 Å². The number of aryl methyl sites for hydroxylation is 1. The Morgan fingerprint density at radius 2 is 1.55 bits per heavy atom. The first kappa shape index (κ1) is 18.2. The molecule has 0 aromatic heterocycles. The summed E-state index contributed by atoms with van der Waals surface area (Å²) in [5, 5.41) is 10.0. The minimum atomic E-state index is -4.67. The summed E-state index contributed by atoms with van der Waals surface area (Å²) in [6.07, 6.45) is 3.35. The Hall–Kier alpha value is -1.89. The maximum Gasteiger partial charge on any atom is 0.394 e. The number of hydrogen-bond acceptors (Lipinski definition) is 3. The first-order chi connectivity index (χ1) is 10.3. The standard InChI is InChI=1S/C16H18O.H2O4S/c1-2-3-8-13-11-7-12-15(17)16(13)14-9-5-4-6-10-14;1-5(2,3)4/h4-7,9-12,17H,2-3,8H2,1H3;(H2,1,2,3,4). The quantitative estimate of drug-likeness (QED) is 0.745. The van der Waals surface area contributed by atoms with E-state index in [0.717, 1.165) is 24.0 Å². The Bertz CT molecular complexity index is 673. The highest BCUT2D eigenvalue weighted by atomic mass is 32.3. The van der Waals surface area contributed by atoms with E-state index in [1.54, 1.807) is 6.07 Å². The average Bonchev–Trinajstić information content (AvgIpc) is 2.44. The van der Waals surface area contributed by atoms with Crippen LogP contribution in [0.2, 0.25) is 0 Å². The zero-order valence-electron chi connectivity index (χ0n) is 12.3. The smallest absolute Gasteiger partial charge is 0.394 e. The van der Waals surface area contributed by atoms with Crippen molar-refractivity contribution in [1.29, 1.82) is 0 Å². The van der Waals surface area contributed by atoms with Crippen LogP contribution in [0.3, 0.4) is 0 Å². The second-order valence-electron chi connectivity index (χ2n) is 4.73. The molecule has 0 aliphatic carbocycles. The van der Waals surface area contributed by atoms with E-state index in [9.17, 15) is 5.11 Å². The molecule has 3 N–H and O–H groups in total. The van der Waals surface area contributed by atoms with Crippen LogP contribution in [0.15, 0.2) is 48.5 Å². The highest BCUT2D eigenvalue weighted by Crippen LogP contribution is 2.33. The van der Waals surface area contributed by atoms with E-state index in [1.165, 1.54) is 12.0 Å². The van der Waals surface area contributed by atoms with Crippen molar-refractivity contribution in [3.63, 3.8) is 0 Å². The van der Waals surface area contributed by atoms with Gasteiger partial charge in [0.2, 0.25) is 0 Å². The number of aromatic hydroxyl groups is 1. The second-order valence-corrected chi connectivity index (χ2v) is 5.62. The van der Waals surface area contributed by atoms with Gasteiger partial charge in [-0.25, -0.2) is 0 Å². The van der Waals surface area contributed by atoms with Gasteiger partial charge in [0.25, 0.3) is 0 Å². The number of unbranched alkanes of at least 4 members (excludes halogenated alkanes) is 1. The molecule has 0 atom stereocenters. The van der Waals surface area contributed by atoms with Gasteiger partial charge in [-0.05, 0) is 30.0 Å². The van der Waals surface area contributed by atoms with E-state index >= 15 is 0 Å². The molecule has 0 amide bonds. The largest absolute Gasteiger partial charge is 0.507 e. The van der Waals surface area contributed by atoms with Crippen LogP contribution in [0, 0.1) is 0 Å². The van der Waals surface area contributed by atoms with E-state index in [0.29, 0.717) is 5.75 Å². The third kappa shape index (κ3) is 6.71. The fourth-order valence-electron chi connectivity index (χ4n) is 2.10. The first-order valence-corrected chi connectivity index (χ1v) is 8.28. The molecule has 0 saturated heterocycles. The fourth-order valence-corrected chi connectivity index (χ4v) is 2.10. The van der Waals surface area contributed by atoms with Gasteiger partial charge in [-0.1, -0.05) is 55.8 Å². The van der Waals surface area contributed by atoms with Gasteiger partial charge in [0, 0.05) is 5.56 Å². The van der Waals surface area contributed by atoms with Gasteiger partial charge in [-0.2, -0.15) is 8.42 Å². The molecule has 2 rings (SSSR count). The first-order valence-electron chi connectivity index (χ1n) is 6.89. The summed E-state index contributed by atoms with van der Waals surface area (Å²) in [5.41, 5.74) is 3.32.